The molecule has 3 heterocycles. The molecule has 0 saturated carbocycles. The topological polar surface area (TPSA) is 68.8 Å². The van der Waals surface area contributed by atoms with E-state index in [1.54, 1.807) is 19.4 Å². The number of piperidine rings is 1. The highest BCUT2D eigenvalue weighted by molar-refractivity contribution is 5.79. The van der Waals surface area contributed by atoms with Gasteiger partial charge in [0.1, 0.15) is 11.4 Å². The molecule has 28 heavy (non-hydrogen) atoms. The molecule has 1 aromatic carbocycles. The minimum atomic E-state index is -0.105. The van der Waals surface area contributed by atoms with Gasteiger partial charge in [0.25, 0.3) is 5.56 Å². The van der Waals surface area contributed by atoms with Crippen LogP contribution in [0, 0.1) is 0 Å². The second kappa shape index (κ2) is 7.50. The van der Waals surface area contributed by atoms with Gasteiger partial charge in [0, 0.05) is 43.9 Å². The Kier molecular flexibility index (Phi) is 4.90. The highest BCUT2D eigenvalue weighted by Gasteiger charge is 2.26. The monoisotopic (exact) mass is 380 g/mol. The van der Waals surface area contributed by atoms with Crippen molar-refractivity contribution in [3.8, 4) is 5.75 Å². The van der Waals surface area contributed by atoms with Gasteiger partial charge >= 0.3 is 0 Å². The third-order valence-corrected chi connectivity index (χ3v) is 5.61. The molecule has 1 amide bonds. The zero-order valence-electron chi connectivity index (χ0n) is 16.2. The van der Waals surface area contributed by atoms with Crippen LogP contribution in [0.25, 0.3) is 5.65 Å². The van der Waals surface area contributed by atoms with Crippen LogP contribution >= 0.6 is 0 Å². The Labute approximate surface area is 163 Å². The van der Waals surface area contributed by atoms with E-state index in [4.69, 9.17) is 4.74 Å². The highest BCUT2D eigenvalue weighted by Crippen LogP contribution is 2.28. The number of benzene rings is 1. The van der Waals surface area contributed by atoms with Gasteiger partial charge in [0.2, 0.25) is 5.91 Å². The summed E-state index contributed by atoms with van der Waals surface area (Å²) >= 11 is 0. The van der Waals surface area contributed by atoms with Crippen LogP contribution < -0.4 is 10.3 Å². The summed E-state index contributed by atoms with van der Waals surface area (Å²) in [5, 5.41) is 4.07. The number of carbonyl (C=O) groups excluding carboxylic acids is 1. The summed E-state index contributed by atoms with van der Waals surface area (Å²) in [5.74, 6) is 1.20. The Hall–Kier alpha value is -3.09. The predicted octanol–water partition coefficient (Wildman–Crippen LogP) is 1.99. The maximum absolute atomic E-state index is 12.7. The van der Waals surface area contributed by atoms with E-state index in [-0.39, 0.29) is 17.4 Å². The molecule has 1 fully saturated rings. The first-order valence-corrected chi connectivity index (χ1v) is 9.51. The van der Waals surface area contributed by atoms with Crippen molar-refractivity contribution in [2.24, 2.45) is 7.05 Å². The summed E-state index contributed by atoms with van der Waals surface area (Å²) in [7, 11) is 3.60. The smallest absolute Gasteiger partial charge is 0.274 e. The molecule has 7 heteroatoms. The molecule has 0 spiro atoms. The zero-order chi connectivity index (χ0) is 19.7. The average molecular weight is 380 g/mol. The molecule has 0 atom stereocenters. The first-order chi connectivity index (χ1) is 13.6. The molecule has 0 bridgehead atoms. The van der Waals surface area contributed by atoms with E-state index >= 15 is 0 Å². The van der Waals surface area contributed by atoms with Gasteiger partial charge in [-0.15, -0.1) is 0 Å². The summed E-state index contributed by atoms with van der Waals surface area (Å²) in [6, 6.07) is 11.1. The lowest BCUT2D eigenvalue weighted by atomic mass is 9.92. The van der Waals surface area contributed by atoms with Crippen LogP contribution in [-0.2, 0) is 18.3 Å². The van der Waals surface area contributed by atoms with Crippen LogP contribution in [-0.4, -0.2) is 45.2 Å². The molecule has 3 aromatic rings. The fourth-order valence-corrected chi connectivity index (χ4v) is 3.98. The lowest BCUT2D eigenvalue weighted by molar-refractivity contribution is -0.131. The number of aromatic nitrogens is 3. The Morgan fingerprint density at radius 3 is 2.57 bits per heavy atom. The molecule has 4 rings (SSSR count). The van der Waals surface area contributed by atoms with Crippen molar-refractivity contribution >= 4 is 11.6 Å². The Balaban J connectivity index is 1.42. The van der Waals surface area contributed by atoms with Crippen LogP contribution in [0.2, 0.25) is 0 Å². The lowest BCUT2D eigenvalue weighted by Crippen LogP contribution is -2.39. The van der Waals surface area contributed by atoms with Gasteiger partial charge in [-0.1, -0.05) is 12.1 Å². The van der Waals surface area contributed by atoms with Crippen LogP contribution in [0.3, 0.4) is 0 Å². The zero-order valence-corrected chi connectivity index (χ0v) is 16.2. The summed E-state index contributed by atoms with van der Waals surface area (Å²) in [4.78, 5) is 26.9. The minimum Gasteiger partial charge on any atom is -0.497 e. The van der Waals surface area contributed by atoms with Crippen molar-refractivity contribution in [3.63, 3.8) is 0 Å². The highest BCUT2D eigenvalue weighted by atomic mass is 16.5. The number of nitrogens with zero attached hydrogens (tertiary/aromatic N) is 4. The van der Waals surface area contributed by atoms with Gasteiger partial charge in [0.15, 0.2) is 0 Å². The Morgan fingerprint density at radius 2 is 1.89 bits per heavy atom. The third kappa shape index (κ3) is 3.40. The van der Waals surface area contributed by atoms with Gasteiger partial charge in [-0.2, -0.15) is 9.61 Å². The van der Waals surface area contributed by atoms with Crippen molar-refractivity contribution in [1.29, 1.82) is 0 Å². The minimum absolute atomic E-state index is 0.105. The van der Waals surface area contributed by atoms with Crippen molar-refractivity contribution in [1.82, 2.24) is 19.1 Å². The molecule has 1 saturated heterocycles. The van der Waals surface area contributed by atoms with Gasteiger partial charge in [-0.3, -0.25) is 9.59 Å². The summed E-state index contributed by atoms with van der Waals surface area (Å²) in [5.41, 5.74) is 2.69. The van der Waals surface area contributed by atoms with E-state index in [1.165, 1.54) is 4.52 Å². The Morgan fingerprint density at radius 1 is 1.18 bits per heavy atom. The van der Waals surface area contributed by atoms with E-state index in [2.05, 4.69) is 5.10 Å². The van der Waals surface area contributed by atoms with E-state index in [1.807, 2.05) is 46.8 Å². The molecular weight excluding hydrogens is 356 g/mol. The number of aryl methyl sites for hydroxylation is 1. The molecule has 0 unspecified atom stereocenters. The number of methoxy groups -OCH3 is 1. The van der Waals surface area contributed by atoms with Crippen LogP contribution in [0.4, 0.5) is 0 Å². The van der Waals surface area contributed by atoms with Crippen molar-refractivity contribution in [2.45, 2.75) is 25.2 Å². The average Bonchev–Trinajstić information content (AvgIpc) is 3.22. The molecule has 1 aliphatic rings. The second-order valence-electron chi connectivity index (χ2n) is 7.25. The lowest BCUT2D eigenvalue weighted by Gasteiger charge is -2.33. The summed E-state index contributed by atoms with van der Waals surface area (Å²) in [6.07, 6.45) is 3.74. The van der Waals surface area contributed by atoms with Crippen molar-refractivity contribution in [3.05, 3.63) is 64.2 Å². The van der Waals surface area contributed by atoms with E-state index in [0.29, 0.717) is 19.5 Å². The predicted molar refractivity (Wildman–Crippen MR) is 106 cm³/mol. The van der Waals surface area contributed by atoms with Crippen LogP contribution in [0.1, 0.15) is 30.0 Å². The molecule has 1 aliphatic heterocycles. The number of amides is 1. The van der Waals surface area contributed by atoms with Crippen molar-refractivity contribution < 1.29 is 9.53 Å². The fraction of sp³-hybridized carbons (Fsp3) is 0.381. The number of likely N-dealkylation sites (tertiary alicyclic amines) is 1. The third-order valence-electron chi connectivity index (χ3n) is 5.61. The molecule has 0 aliphatic carbocycles. The van der Waals surface area contributed by atoms with E-state index in [0.717, 1.165) is 35.5 Å². The molecular formula is C21H24N4O3. The van der Waals surface area contributed by atoms with Gasteiger partial charge < -0.3 is 14.2 Å². The van der Waals surface area contributed by atoms with Gasteiger partial charge in [-0.05, 0) is 30.5 Å². The maximum Gasteiger partial charge on any atom is 0.274 e. The summed E-state index contributed by atoms with van der Waals surface area (Å²) < 4.78 is 8.61. The van der Waals surface area contributed by atoms with Crippen molar-refractivity contribution in [2.75, 3.05) is 20.2 Å². The molecule has 7 nitrogen and oxygen atoms in total. The SMILES string of the molecule is COc1ccc(CC(=O)N2CCC(c3cc(=O)n4nccc4n3C)CC2)cc1. The number of hydrogen-bond acceptors (Lipinski definition) is 4. The quantitative estimate of drug-likeness (QED) is 0.694. The number of hydrogen-bond donors (Lipinski definition) is 0. The van der Waals surface area contributed by atoms with Crippen LogP contribution in [0.15, 0.2) is 47.4 Å². The number of carbonyl (C=O) groups is 1. The first kappa shape index (κ1) is 18.3. The Bertz CT molecular complexity index is 1040. The van der Waals surface area contributed by atoms with Gasteiger partial charge in [0.05, 0.1) is 19.7 Å². The maximum atomic E-state index is 12.7. The van der Waals surface area contributed by atoms with E-state index < -0.39 is 0 Å². The van der Waals surface area contributed by atoms with Crippen LogP contribution in [0.5, 0.6) is 5.75 Å². The van der Waals surface area contributed by atoms with Gasteiger partial charge in [-0.25, -0.2) is 0 Å². The molecule has 146 valence electrons. The molecule has 0 radical (unpaired) electrons. The first-order valence-electron chi connectivity index (χ1n) is 9.51. The standard InChI is InChI=1S/C21H24N4O3/c1-23-18(14-21(27)25-19(23)7-10-22-25)16-8-11-24(12-9-16)20(26)13-15-3-5-17(28-2)6-4-15/h3-7,10,14,16H,8-9,11-13H2,1-2H3. The fourth-order valence-electron chi connectivity index (χ4n) is 3.98. The number of ether oxygens (including phenoxy) is 1. The largest absolute Gasteiger partial charge is 0.497 e. The number of fused-ring (bicyclic) bond motifs is 1. The second-order valence-corrected chi connectivity index (χ2v) is 7.25. The summed E-state index contributed by atoms with van der Waals surface area (Å²) in [6.45, 7) is 1.41. The number of rotatable bonds is 4. The molecule has 0 N–H and O–H groups in total. The van der Waals surface area contributed by atoms with E-state index in [9.17, 15) is 9.59 Å². The normalized spacial score (nSPS) is 15.1. The molecule has 2 aromatic heterocycles.